The highest BCUT2D eigenvalue weighted by Crippen LogP contribution is 2.39. The summed E-state index contributed by atoms with van der Waals surface area (Å²) in [7, 11) is 0. The molecule has 0 amide bonds. The van der Waals surface area contributed by atoms with Crippen molar-refractivity contribution in [2.45, 2.75) is 76.2 Å². The van der Waals surface area contributed by atoms with Gasteiger partial charge in [-0.1, -0.05) is 22.0 Å². The molecule has 2 fully saturated rings. The summed E-state index contributed by atoms with van der Waals surface area (Å²) >= 11 is 3.34. The van der Waals surface area contributed by atoms with Crippen molar-refractivity contribution in [3.63, 3.8) is 0 Å². The number of aliphatic hydroxyl groups is 1. The van der Waals surface area contributed by atoms with Crippen LogP contribution in [-0.2, 0) is 4.74 Å². The van der Waals surface area contributed by atoms with Crippen LogP contribution in [0.1, 0.15) is 81.3 Å². The molecule has 0 radical (unpaired) electrons. The van der Waals surface area contributed by atoms with Gasteiger partial charge in [-0.15, -0.1) is 0 Å². The first-order valence-corrected chi connectivity index (χ1v) is 14.7. The summed E-state index contributed by atoms with van der Waals surface area (Å²) in [5.41, 5.74) is 4.47. The maximum Gasteiger partial charge on any atom is 0.251 e. The van der Waals surface area contributed by atoms with Crippen molar-refractivity contribution in [2.24, 2.45) is 0 Å². The van der Waals surface area contributed by atoms with Crippen LogP contribution in [0.4, 0.5) is 4.39 Å². The first kappa shape index (κ1) is 26.4. The van der Waals surface area contributed by atoms with Crippen LogP contribution in [0.15, 0.2) is 64.0 Å². The van der Waals surface area contributed by atoms with E-state index in [1.54, 1.807) is 16.8 Å². The number of halogens is 2. The molecule has 2 aromatic carbocycles. The zero-order valence-electron chi connectivity index (χ0n) is 22.0. The minimum absolute atomic E-state index is 0.0664. The van der Waals surface area contributed by atoms with E-state index in [0.717, 1.165) is 84.8 Å². The molecule has 2 unspecified atom stereocenters. The first-order valence-electron chi connectivity index (χ1n) is 13.9. The molecular weight excluding hydrogens is 561 g/mol. The SMILES string of the molecule is CC(c1cc(F)cc(Br)c1)n1ccc(-c2ccc3c(c2)c([C@H]2CC[C@H](O)CC2)nn3C2CCCCO2)cc1=O. The van der Waals surface area contributed by atoms with E-state index < -0.39 is 0 Å². The Bertz CT molecular complexity index is 1530. The lowest BCUT2D eigenvalue weighted by Crippen LogP contribution is -2.22. The number of aromatic nitrogens is 3. The smallest absolute Gasteiger partial charge is 0.251 e. The third kappa shape index (κ3) is 5.34. The topological polar surface area (TPSA) is 69.3 Å². The molecule has 1 aliphatic carbocycles. The fraction of sp³-hybridized carbons (Fsp3) is 0.419. The number of rotatable bonds is 5. The summed E-state index contributed by atoms with van der Waals surface area (Å²) in [6.45, 7) is 2.64. The summed E-state index contributed by atoms with van der Waals surface area (Å²) in [4.78, 5) is 13.2. The summed E-state index contributed by atoms with van der Waals surface area (Å²) in [5.74, 6) is -0.0536. The Labute approximate surface area is 235 Å². The van der Waals surface area contributed by atoms with Crippen LogP contribution in [0.25, 0.3) is 22.0 Å². The monoisotopic (exact) mass is 593 g/mol. The summed E-state index contributed by atoms with van der Waals surface area (Å²) < 4.78 is 24.4. The fourth-order valence-electron chi connectivity index (χ4n) is 6.10. The summed E-state index contributed by atoms with van der Waals surface area (Å²) in [6.07, 6.45) is 8.03. The van der Waals surface area contributed by atoms with Gasteiger partial charge in [0.2, 0.25) is 0 Å². The van der Waals surface area contributed by atoms with Gasteiger partial charge in [-0.25, -0.2) is 9.07 Å². The molecule has 8 heteroatoms. The van der Waals surface area contributed by atoms with E-state index in [1.807, 2.05) is 25.1 Å². The number of aliphatic hydroxyl groups excluding tert-OH is 1. The number of hydrogen-bond acceptors (Lipinski definition) is 4. The number of pyridine rings is 1. The normalized spacial score (nSPS) is 22.7. The lowest BCUT2D eigenvalue weighted by molar-refractivity contribution is -0.0370. The van der Waals surface area contributed by atoms with Gasteiger partial charge >= 0.3 is 0 Å². The third-order valence-electron chi connectivity index (χ3n) is 8.31. The Morgan fingerprint density at radius 2 is 1.82 bits per heavy atom. The largest absolute Gasteiger partial charge is 0.393 e. The van der Waals surface area contributed by atoms with Crippen LogP contribution in [0.5, 0.6) is 0 Å². The maximum absolute atomic E-state index is 14.0. The Morgan fingerprint density at radius 3 is 2.54 bits per heavy atom. The predicted molar refractivity (Wildman–Crippen MR) is 153 cm³/mol. The van der Waals surface area contributed by atoms with E-state index >= 15 is 0 Å². The molecule has 0 bridgehead atoms. The number of fused-ring (bicyclic) bond motifs is 1. The van der Waals surface area contributed by atoms with Crippen LogP contribution in [0, 0.1) is 5.82 Å². The van der Waals surface area contributed by atoms with Crippen molar-refractivity contribution in [3.8, 4) is 11.1 Å². The summed E-state index contributed by atoms with van der Waals surface area (Å²) in [6, 6.07) is 14.3. The lowest BCUT2D eigenvalue weighted by atomic mass is 9.84. The zero-order chi connectivity index (χ0) is 27.1. The number of nitrogens with zero attached hydrogens (tertiary/aromatic N) is 3. The average molecular weight is 595 g/mol. The predicted octanol–water partition coefficient (Wildman–Crippen LogP) is 7.09. The molecule has 6 rings (SSSR count). The Balaban J connectivity index is 1.37. The second kappa shape index (κ2) is 11.0. The molecule has 2 aliphatic rings. The lowest BCUT2D eigenvalue weighted by Gasteiger charge is -2.25. The molecular formula is C31H33BrFN3O3. The van der Waals surface area contributed by atoms with Gasteiger partial charge in [-0.2, -0.15) is 5.10 Å². The van der Waals surface area contributed by atoms with Gasteiger partial charge in [0.15, 0.2) is 6.23 Å². The van der Waals surface area contributed by atoms with Gasteiger partial charge < -0.3 is 14.4 Å². The second-order valence-corrected chi connectivity index (χ2v) is 11.8. The molecule has 1 saturated carbocycles. The van der Waals surface area contributed by atoms with Gasteiger partial charge in [-0.05, 0) is 105 Å². The van der Waals surface area contributed by atoms with E-state index in [0.29, 0.717) is 4.47 Å². The molecule has 2 atom stereocenters. The van der Waals surface area contributed by atoms with Crippen molar-refractivity contribution < 1.29 is 14.2 Å². The molecule has 204 valence electrons. The third-order valence-corrected chi connectivity index (χ3v) is 8.77. The molecule has 39 heavy (non-hydrogen) atoms. The molecule has 4 aromatic rings. The molecule has 1 N–H and O–H groups in total. The molecule has 0 spiro atoms. The van der Waals surface area contributed by atoms with Crippen molar-refractivity contribution in [2.75, 3.05) is 6.61 Å². The fourth-order valence-corrected chi connectivity index (χ4v) is 6.58. The minimum Gasteiger partial charge on any atom is -0.393 e. The average Bonchev–Trinajstić information content (AvgIpc) is 3.32. The van der Waals surface area contributed by atoms with Crippen molar-refractivity contribution in [3.05, 3.63) is 86.6 Å². The van der Waals surface area contributed by atoms with E-state index in [-0.39, 0.29) is 35.7 Å². The van der Waals surface area contributed by atoms with E-state index in [2.05, 4.69) is 32.7 Å². The van der Waals surface area contributed by atoms with Crippen molar-refractivity contribution >= 4 is 26.8 Å². The number of ether oxygens (including phenoxy) is 1. The molecule has 1 aliphatic heterocycles. The highest BCUT2D eigenvalue weighted by atomic mass is 79.9. The molecule has 1 saturated heterocycles. The Kier molecular flexibility index (Phi) is 7.44. The molecule has 2 aromatic heterocycles. The van der Waals surface area contributed by atoms with Crippen LogP contribution in [-0.4, -0.2) is 32.2 Å². The number of hydrogen-bond donors (Lipinski definition) is 1. The van der Waals surface area contributed by atoms with Crippen LogP contribution >= 0.6 is 15.9 Å². The van der Waals surface area contributed by atoms with Gasteiger partial charge in [0.25, 0.3) is 5.56 Å². The van der Waals surface area contributed by atoms with Crippen LogP contribution < -0.4 is 5.56 Å². The van der Waals surface area contributed by atoms with E-state index in [9.17, 15) is 14.3 Å². The van der Waals surface area contributed by atoms with E-state index in [1.165, 1.54) is 12.1 Å². The van der Waals surface area contributed by atoms with Gasteiger partial charge in [0, 0.05) is 34.6 Å². The van der Waals surface area contributed by atoms with Crippen LogP contribution in [0.2, 0.25) is 0 Å². The minimum atomic E-state index is -0.341. The van der Waals surface area contributed by atoms with Gasteiger partial charge in [-0.3, -0.25) is 4.79 Å². The second-order valence-electron chi connectivity index (χ2n) is 10.9. The molecule has 3 heterocycles. The quantitative estimate of drug-likeness (QED) is 0.268. The Morgan fingerprint density at radius 1 is 1.03 bits per heavy atom. The van der Waals surface area contributed by atoms with Crippen molar-refractivity contribution in [1.29, 1.82) is 0 Å². The number of benzene rings is 2. The standard InChI is InChI=1S/C31H33BrFN3O3/c1-19(23-14-24(32)18-25(33)15-23)35-12-11-22(17-29(35)38)21-7-10-28-27(16-21)31(20-5-8-26(37)9-6-20)34-36(28)30-4-2-3-13-39-30/h7,10-12,14-20,26,30,37H,2-6,8-9,13H2,1H3/t19?,20-,26-,30?. The Hall–Kier alpha value is -2.81. The van der Waals surface area contributed by atoms with Gasteiger partial charge in [0.1, 0.15) is 5.82 Å². The summed E-state index contributed by atoms with van der Waals surface area (Å²) in [5, 5.41) is 16.3. The van der Waals surface area contributed by atoms with E-state index in [4.69, 9.17) is 9.84 Å². The van der Waals surface area contributed by atoms with Crippen molar-refractivity contribution in [1.82, 2.24) is 14.3 Å². The highest BCUT2D eigenvalue weighted by molar-refractivity contribution is 9.10. The first-order chi connectivity index (χ1) is 18.9. The zero-order valence-corrected chi connectivity index (χ0v) is 23.6. The van der Waals surface area contributed by atoms with Gasteiger partial charge in [0.05, 0.1) is 23.4 Å². The maximum atomic E-state index is 14.0. The molecule has 6 nitrogen and oxygen atoms in total. The highest BCUT2D eigenvalue weighted by Gasteiger charge is 2.28. The van der Waals surface area contributed by atoms with Crippen LogP contribution in [0.3, 0.4) is 0 Å².